The number of hydrogen-bond donors (Lipinski definition) is 0. The van der Waals surface area contributed by atoms with Crippen LogP contribution in [0.4, 0.5) is 4.39 Å². The summed E-state index contributed by atoms with van der Waals surface area (Å²) < 4.78 is 20.4. The molecule has 2 atom stereocenters. The van der Waals surface area contributed by atoms with Gasteiger partial charge in [0.25, 0.3) is 5.91 Å². The van der Waals surface area contributed by atoms with Crippen LogP contribution in [0.1, 0.15) is 31.7 Å². The third kappa shape index (κ3) is 2.88. The Labute approximate surface area is 140 Å². The van der Waals surface area contributed by atoms with Crippen LogP contribution in [-0.4, -0.2) is 39.3 Å². The highest BCUT2D eigenvalue weighted by atomic mass is 19.1. The van der Waals surface area contributed by atoms with Crippen LogP contribution in [0.15, 0.2) is 42.7 Å². The van der Waals surface area contributed by atoms with Gasteiger partial charge in [0.05, 0.1) is 6.04 Å². The number of rotatable bonds is 4. The molecule has 2 aliphatic heterocycles. The van der Waals surface area contributed by atoms with E-state index in [0.29, 0.717) is 11.8 Å². The van der Waals surface area contributed by atoms with Crippen LogP contribution in [0, 0.1) is 5.82 Å². The predicted octanol–water partition coefficient (Wildman–Crippen LogP) is 2.80. The summed E-state index contributed by atoms with van der Waals surface area (Å²) in [6.07, 6.45) is 7.78. The summed E-state index contributed by atoms with van der Waals surface area (Å²) >= 11 is 0. The summed E-state index contributed by atoms with van der Waals surface area (Å²) in [5.41, 5.74) is 0. The van der Waals surface area contributed by atoms with Crippen LogP contribution in [-0.2, 0) is 4.79 Å². The Morgan fingerprint density at radius 2 is 1.88 bits per heavy atom. The van der Waals surface area contributed by atoms with Gasteiger partial charge in [-0.2, -0.15) is 5.10 Å². The Kier molecular flexibility index (Phi) is 3.96. The number of halogens is 1. The van der Waals surface area contributed by atoms with E-state index in [1.807, 2.05) is 21.8 Å². The predicted molar refractivity (Wildman–Crippen MR) is 86.0 cm³/mol. The minimum absolute atomic E-state index is 0.00503. The van der Waals surface area contributed by atoms with Crippen LogP contribution in [0.3, 0.4) is 0 Å². The van der Waals surface area contributed by atoms with Gasteiger partial charge in [0.2, 0.25) is 0 Å². The van der Waals surface area contributed by atoms with Gasteiger partial charge in [-0.1, -0.05) is 0 Å². The Morgan fingerprint density at radius 1 is 1.17 bits per heavy atom. The lowest BCUT2D eigenvalue weighted by Crippen LogP contribution is -2.48. The number of piperidine rings is 1. The molecule has 126 valence electrons. The van der Waals surface area contributed by atoms with E-state index in [0.717, 1.165) is 25.7 Å². The molecule has 0 saturated carbocycles. The van der Waals surface area contributed by atoms with Gasteiger partial charge >= 0.3 is 0 Å². The van der Waals surface area contributed by atoms with E-state index in [2.05, 4.69) is 5.10 Å². The minimum Gasteiger partial charge on any atom is -0.484 e. The van der Waals surface area contributed by atoms with Crippen LogP contribution < -0.4 is 4.74 Å². The number of nitrogens with zero attached hydrogens (tertiary/aromatic N) is 3. The van der Waals surface area contributed by atoms with E-state index >= 15 is 0 Å². The molecule has 0 aliphatic carbocycles. The lowest BCUT2D eigenvalue weighted by atomic mass is 9.97. The first-order valence-electron chi connectivity index (χ1n) is 8.39. The molecule has 0 spiro atoms. The van der Waals surface area contributed by atoms with Crippen molar-refractivity contribution in [2.45, 2.75) is 43.8 Å². The number of aromatic nitrogens is 2. The molecule has 2 fully saturated rings. The first kappa shape index (κ1) is 15.2. The van der Waals surface area contributed by atoms with Crippen LogP contribution in [0.2, 0.25) is 0 Å². The average molecular weight is 329 g/mol. The van der Waals surface area contributed by atoms with Crippen molar-refractivity contribution in [3.8, 4) is 5.75 Å². The third-order valence-electron chi connectivity index (χ3n) is 5.07. The van der Waals surface area contributed by atoms with Crippen molar-refractivity contribution in [1.29, 1.82) is 0 Å². The fraction of sp³-hybridized carbons (Fsp3) is 0.444. The van der Waals surface area contributed by atoms with E-state index < -0.39 is 0 Å². The van der Waals surface area contributed by atoms with Crippen molar-refractivity contribution < 1.29 is 13.9 Å². The molecule has 2 aromatic rings. The molecule has 0 N–H and O–H groups in total. The summed E-state index contributed by atoms with van der Waals surface area (Å²) in [5.74, 6) is 0.224. The van der Waals surface area contributed by atoms with Crippen molar-refractivity contribution in [1.82, 2.24) is 14.7 Å². The maximum Gasteiger partial charge on any atom is 0.261 e. The molecule has 1 aromatic carbocycles. The first-order chi connectivity index (χ1) is 11.7. The quantitative estimate of drug-likeness (QED) is 0.866. The maximum absolute atomic E-state index is 12.9. The minimum atomic E-state index is -0.313. The normalized spacial score (nSPS) is 25.7. The lowest BCUT2D eigenvalue weighted by molar-refractivity contribution is -0.138. The highest BCUT2D eigenvalue weighted by Crippen LogP contribution is 2.40. The molecular formula is C18H20FN3O2. The monoisotopic (exact) mass is 329 g/mol. The Bertz CT molecular complexity index is 688. The maximum atomic E-state index is 12.9. The number of hydrogen-bond acceptors (Lipinski definition) is 3. The zero-order chi connectivity index (χ0) is 16.5. The van der Waals surface area contributed by atoms with Gasteiger partial charge in [-0.3, -0.25) is 9.48 Å². The number of ether oxygens (including phenoxy) is 1. The number of fused-ring (bicyclic) bond motifs is 2. The van der Waals surface area contributed by atoms with Gasteiger partial charge < -0.3 is 9.64 Å². The number of amides is 1. The molecule has 1 aromatic heterocycles. The lowest BCUT2D eigenvalue weighted by Gasteiger charge is -2.39. The van der Waals surface area contributed by atoms with Gasteiger partial charge in [0.1, 0.15) is 11.6 Å². The molecule has 24 heavy (non-hydrogen) atoms. The molecule has 3 heterocycles. The Balaban J connectivity index is 1.38. The summed E-state index contributed by atoms with van der Waals surface area (Å²) in [6.45, 7) is 0.00503. The van der Waals surface area contributed by atoms with E-state index in [4.69, 9.17) is 4.74 Å². The SMILES string of the molecule is O=C(COc1ccc(F)cc1)N1C2CCC1CC(n1cccn1)C2. The van der Waals surface area contributed by atoms with Crippen molar-refractivity contribution >= 4 is 5.91 Å². The standard InChI is InChI=1S/C18H20FN3O2/c19-13-2-6-17(7-3-13)24-12-18(23)22-14-4-5-15(22)11-16(10-14)21-9-1-8-20-21/h1-3,6-9,14-16H,4-5,10-12H2. The fourth-order valence-electron chi connectivity index (χ4n) is 4.02. The molecule has 0 radical (unpaired) electrons. The molecule has 2 unspecified atom stereocenters. The summed E-state index contributed by atoms with van der Waals surface area (Å²) in [4.78, 5) is 14.6. The van der Waals surface area contributed by atoms with Gasteiger partial charge in [-0.15, -0.1) is 0 Å². The number of carbonyl (C=O) groups excluding carboxylic acids is 1. The van der Waals surface area contributed by atoms with Gasteiger partial charge in [-0.25, -0.2) is 4.39 Å². The second-order valence-electron chi connectivity index (χ2n) is 6.54. The second-order valence-corrected chi connectivity index (χ2v) is 6.54. The molecule has 2 aliphatic rings. The largest absolute Gasteiger partial charge is 0.484 e. The zero-order valence-electron chi connectivity index (χ0n) is 13.3. The van der Waals surface area contributed by atoms with Gasteiger partial charge in [-0.05, 0) is 56.0 Å². The van der Waals surface area contributed by atoms with Crippen molar-refractivity contribution in [3.63, 3.8) is 0 Å². The van der Waals surface area contributed by atoms with Gasteiger partial charge in [0, 0.05) is 24.5 Å². The molecule has 5 nitrogen and oxygen atoms in total. The van der Waals surface area contributed by atoms with Crippen LogP contribution in [0.5, 0.6) is 5.75 Å². The molecule has 2 bridgehead atoms. The third-order valence-corrected chi connectivity index (χ3v) is 5.07. The Hall–Kier alpha value is -2.37. The van der Waals surface area contributed by atoms with Crippen molar-refractivity contribution in [2.24, 2.45) is 0 Å². The van der Waals surface area contributed by atoms with Crippen molar-refractivity contribution in [3.05, 3.63) is 48.5 Å². The molecule has 1 amide bonds. The summed E-state index contributed by atoms with van der Waals surface area (Å²) in [6, 6.07) is 8.60. The van der Waals surface area contributed by atoms with E-state index in [1.54, 1.807) is 18.3 Å². The van der Waals surface area contributed by atoms with Crippen LogP contribution in [0.25, 0.3) is 0 Å². The van der Waals surface area contributed by atoms with E-state index in [9.17, 15) is 9.18 Å². The number of benzene rings is 1. The first-order valence-corrected chi connectivity index (χ1v) is 8.39. The molecule has 4 rings (SSSR count). The van der Waals surface area contributed by atoms with E-state index in [1.165, 1.54) is 12.1 Å². The molecule has 2 saturated heterocycles. The van der Waals surface area contributed by atoms with Crippen molar-refractivity contribution in [2.75, 3.05) is 6.61 Å². The van der Waals surface area contributed by atoms with Gasteiger partial charge in [0.15, 0.2) is 6.61 Å². The smallest absolute Gasteiger partial charge is 0.261 e. The van der Waals surface area contributed by atoms with E-state index in [-0.39, 0.29) is 30.4 Å². The molecule has 6 heteroatoms. The van der Waals surface area contributed by atoms with Crippen LogP contribution >= 0.6 is 0 Å². The highest BCUT2D eigenvalue weighted by Gasteiger charge is 2.43. The fourth-order valence-corrected chi connectivity index (χ4v) is 4.02. The number of carbonyl (C=O) groups is 1. The average Bonchev–Trinajstić information content (AvgIpc) is 3.21. The highest BCUT2D eigenvalue weighted by molar-refractivity contribution is 5.79. The Morgan fingerprint density at radius 3 is 2.50 bits per heavy atom. The second kappa shape index (κ2) is 6.26. The topological polar surface area (TPSA) is 47.4 Å². The zero-order valence-corrected chi connectivity index (χ0v) is 13.3. The summed E-state index contributed by atoms with van der Waals surface area (Å²) in [5, 5.41) is 4.35. The molecular weight excluding hydrogens is 309 g/mol. The summed E-state index contributed by atoms with van der Waals surface area (Å²) in [7, 11) is 0.